The molecule has 5 nitrogen and oxygen atoms in total. The van der Waals surface area contributed by atoms with Crippen LogP contribution >= 0.6 is 39.9 Å². The molecule has 2 aromatic rings. The number of nitrogens with one attached hydrogen (secondary N) is 3. The molecule has 0 fully saturated rings. The van der Waals surface area contributed by atoms with Crippen molar-refractivity contribution in [3.05, 3.63) is 63.6 Å². The summed E-state index contributed by atoms with van der Waals surface area (Å²) in [4.78, 5) is 16.3. The molecule has 2 rings (SSSR count). The lowest BCUT2D eigenvalue weighted by Crippen LogP contribution is -2.38. The van der Waals surface area contributed by atoms with Crippen molar-refractivity contribution in [2.24, 2.45) is 4.99 Å². The molecule has 0 atom stereocenters. The lowest BCUT2D eigenvalue weighted by atomic mass is 10.1. The van der Waals surface area contributed by atoms with Crippen molar-refractivity contribution >= 4 is 57.5 Å². The Balaban J connectivity index is 0.00000364. The highest BCUT2D eigenvalue weighted by atomic mass is 127. The molecule has 0 aliphatic rings. The van der Waals surface area contributed by atoms with E-state index in [1.807, 2.05) is 31.2 Å². The fraction of sp³-hybridized carbons (Fsp3) is 0.300. The lowest BCUT2D eigenvalue weighted by molar-refractivity contribution is -0.116. The van der Waals surface area contributed by atoms with Gasteiger partial charge in [-0.1, -0.05) is 51.8 Å². The molecule has 0 bridgehead atoms. The maximum atomic E-state index is 12.1. The minimum absolute atomic E-state index is 0. The van der Waals surface area contributed by atoms with Crippen LogP contribution in [-0.2, 0) is 11.3 Å². The molecule has 0 aliphatic heterocycles. The van der Waals surface area contributed by atoms with Crippen LogP contribution in [0.4, 0.5) is 5.69 Å². The first-order valence-electron chi connectivity index (χ1n) is 8.54. The molecule has 146 valence electrons. The van der Waals surface area contributed by atoms with Crippen LogP contribution in [0.3, 0.4) is 0 Å². The molecule has 2 aromatic carbocycles. The maximum absolute atomic E-state index is 12.1. The van der Waals surface area contributed by atoms with Crippen LogP contribution in [-0.4, -0.2) is 25.5 Å². The topological polar surface area (TPSA) is 65.5 Å². The predicted octanol–water partition coefficient (Wildman–Crippen LogP) is 4.38. The summed E-state index contributed by atoms with van der Waals surface area (Å²) in [6, 6.07) is 14.1. The highest BCUT2D eigenvalue weighted by Gasteiger charge is 2.06. The Morgan fingerprint density at radius 2 is 1.89 bits per heavy atom. The number of hydrogen-bond donors (Lipinski definition) is 3. The van der Waals surface area contributed by atoms with Gasteiger partial charge in [0.1, 0.15) is 0 Å². The number of guanidine groups is 1. The van der Waals surface area contributed by atoms with Gasteiger partial charge in [0, 0.05) is 36.7 Å². The fourth-order valence-corrected chi connectivity index (χ4v) is 2.83. The van der Waals surface area contributed by atoms with Crippen LogP contribution in [0.2, 0.25) is 0 Å². The van der Waals surface area contributed by atoms with E-state index in [9.17, 15) is 4.79 Å². The van der Waals surface area contributed by atoms with E-state index in [2.05, 4.69) is 62.0 Å². The maximum Gasteiger partial charge on any atom is 0.226 e. The van der Waals surface area contributed by atoms with Crippen molar-refractivity contribution in [2.75, 3.05) is 18.9 Å². The van der Waals surface area contributed by atoms with Crippen molar-refractivity contribution in [3.8, 4) is 0 Å². The van der Waals surface area contributed by atoms with Crippen LogP contribution in [0.15, 0.2) is 51.9 Å². The molecule has 3 N–H and O–H groups in total. The Hall–Kier alpha value is -1.61. The summed E-state index contributed by atoms with van der Waals surface area (Å²) in [5.74, 6) is 0.644. The molecule has 1 amide bonds. The first-order chi connectivity index (χ1) is 12.5. The smallest absolute Gasteiger partial charge is 0.226 e. The number of anilines is 1. The number of halogens is 2. The predicted molar refractivity (Wildman–Crippen MR) is 127 cm³/mol. The molecule has 27 heavy (non-hydrogen) atoms. The summed E-state index contributed by atoms with van der Waals surface area (Å²) in [5, 5.41) is 9.36. The number of aryl methyl sites for hydroxylation is 2. The van der Waals surface area contributed by atoms with Gasteiger partial charge in [-0.3, -0.25) is 9.79 Å². The number of amides is 1. The third-order valence-electron chi connectivity index (χ3n) is 3.88. The van der Waals surface area contributed by atoms with Gasteiger partial charge in [0.2, 0.25) is 5.91 Å². The minimum Gasteiger partial charge on any atom is -0.356 e. The van der Waals surface area contributed by atoms with Gasteiger partial charge in [0.25, 0.3) is 0 Å². The van der Waals surface area contributed by atoms with Crippen LogP contribution < -0.4 is 16.0 Å². The van der Waals surface area contributed by atoms with E-state index in [0.717, 1.165) is 15.7 Å². The van der Waals surface area contributed by atoms with Crippen molar-refractivity contribution in [1.29, 1.82) is 0 Å². The molecule has 0 unspecified atom stereocenters. The molecule has 0 aromatic heterocycles. The molecule has 0 spiro atoms. The molecular weight excluding hydrogens is 519 g/mol. The Kier molecular flexibility index (Phi) is 10.4. The van der Waals surface area contributed by atoms with E-state index in [1.165, 1.54) is 11.1 Å². The van der Waals surface area contributed by atoms with E-state index in [4.69, 9.17) is 0 Å². The van der Waals surface area contributed by atoms with Crippen molar-refractivity contribution in [3.63, 3.8) is 0 Å². The summed E-state index contributed by atoms with van der Waals surface area (Å²) >= 11 is 3.42. The van der Waals surface area contributed by atoms with E-state index < -0.39 is 0 Å². The number of carbonyl (C=O) groups is 1. The summed E-state index contributed by atoms with van der Waals surface area (Å²) in [6.07, 6.45) is 0.358. The van der Waals surface area contributed by atoms with Crippen molar-refractivity contribution in [1.82, 2.24) is 10.6 Å². The normalized spacial score (nSPS) is 10.7. The first kappa shape index (κ1) is 23.4. The number of nitrogens with zero attached hydrogens (tertiary/aromatic N) is 1. The fourth-order valence-electron chi connectivity index (χ4n) is 2.46. The summed E-state index contributed by atoms with van der Waals surface area (Å²) in [5.41, 5.74) is 4.28. The standard InChI is InChI=1S/C20H25BrN4O.HI/c1-14-5-4-6-16(11-14)13-24-20(22-3)23-10-9-19(26)25-18-12-17(21)8-7-15(18)2;/h4-8,11-12H,9-10,13H2,1-3H3,(H,25,26)(H2,22,23,24);1H. The SMILES string of the molecule is CN=C(NCCC(=O)Nc1cc(Br)ccc1C)NCc1cccc(C)c1.I. The third-order valence-corrected chi connectivity index (χ3v) is 4.38. The highest BCUT2D eigenvalue weighted by Crippen LogP contribution is 2.20. The Morgan fingerprint density at radius 3 is 2.59 bits per heavy atom. The lowest BCUT2D eigenvalue weighted by Gasteiger charge is -2.13. The summed E-state index contributed by atoms with van der Waals surface area (Å²) in [7, 11) is 1.72. The Labute approximate surface area is 186 Å². The number of carbonyl (C=O) groups excluding carboxylic acids is 1. The average Bonchev–Trinajstić information content (AvgIpc) is 2.61. The zero-order chi connectivity index (χ0) is 18.9. The van der Waals surface area contributed by atoms with Gasteiger partial charge in [-0.15, -0.1) is 24.0 Å². The second-order valence-corrected chi connectivity index (χ2v) is 7.01. The Morgan fingerprint density at radius 1 is 1.11 bits per heavy atom. The van der Waals surface area contributed by atoms with E-state index >= 15 is 0 Å². The number of hydrogen-bond acceptors (Lipinski definition) is 2. The highest BCUT2D eigenvalue weighted by molar-refractivity contribution is 14.0. The molecular formula is C20H26BrIN4O. The van der Waals surface area contributed by atoms with Crippen molar-refractivity contribution in [2.45, 2.75) is 26.8 Å². The zero-order valence-corrected chi connectivity index (χ0v) is 19.7. The van der Waals surface area contributed by atoms with Crippen molar-refractivity contribution < 1.29 is 4.79 Å². The Bertz CT molecular complexity index is 795. The number of benzene rings is 2. The van der Waals surface area contributed by atoms with Crippen LogP contribution in [0.1, 0.15) is 23.1 Å². The largest absolute Gasteiger partial charge is 0.356 e. The molecule has 0 aliphatic carbocycles. The van der Waals surface area contributed by atoms with Gasteiger partial charge >= 0.3 is 0 Å². The van der Waals surface area contributed by atoms with E-state index in [0.29, 0.717) is 25.5 Å². The van der Waals surface area contributed by atoms with Crippen LogP contribution in [0.25, 0.3) is 0 Å². The quantitative estimate of drug-likeness (QED) is 0.287. The third kappa shape index (κ3) is 8.30. The first-order valence-corrected chi connectivity index (χ1v) is 9.33. The zero-order valence-electron chi connectivity index (χ0n) is 15.8. The molecule has 0 radical (unpaired) electrons. The molecule has 0 saturated heterocycles. The summed E-state index contributed by atoms with van der Waals surface area (Å²) < 4.78 is 0.942. The second kappa shape index (κ2) is 12.0. The monoisotopic (exact) mass is 544 g/mol. The van der Waals surface area contributed by atoms with E-state index in [1.54, 1.807) is 7.05 Å². The van der Waals surface area contributed by atoms with Gasteiger partial charge in [-0.25, -0.2) is 0 Å². The molecule has 0 heterocycles. The van der Waals surface area contributed by atoms with Gasteiger partial charge in [-0.05, 0) is 37.1 Å². The van der Waals surface area contributed by atoms with Gasteiger partial charge < -0.3 is 16.0 Å². The van der Waals surface area contributed by atoms with Gasteiger partial charge in [0.05, 0.1) is 0 Å². The summed E-state index contributed by atoms with van der Waals surface area (Å²) in [6.45, 7) is 5.23. The molecule has 0 saturated carbocycles. The van der Waals surface area contributed by atoms with E-state index in [-0.39, 0.29) is 29.9 Å². The van der Waals surface area contributed by atoms with Gasteiger partial charge in [0.15, 0.2) is 5.96 Å². The average molecular weight is 545 g/mol. The van der Waals surface area contributed by atoms with Crippen LogP contribution in [0, 0.1) is 13.8 Å². The van der Waals surface area contributed by atoms with Gasteiger partial charge in [-0.2, -0.15) is 0 Å². The second-order valence-electron chi connectivity index (χ2n) is 6.10. The van der Waals surface area contributed by atoms with Crippen LogP contribution in [0.5, 0.6) is 0 Å². The number of rotatable bonds is 6. The number of aliphatic imine (C=N–C) groups is 1. The molecule has 7 heteroatoms. The minimum atomic E-state index is -0.0344.